The predicted molar refractivity (Wildman–Crippen MR) is 51.9 cm³/mol. The highest BCUT2D eigenvalue weighted by molar-refractivity contribution is 5.69. The van der Waals surface area contributed by atoms with Crippen LogP contribution in [0.25, 0.3) is 0 Å². The molecular formula is C10H16F3NO2. The third kappa shape index (κ3) is 3.28. The minimum absolute atomic E-state index is 0.0876. The van der Waals surface area contributed by atoms with Crippen LogP contribution >= 0.6 is 0 Å². The van der Waals surface area contributed by atoms with E-state index in [0.29, 0.717) is 0 Å². The Morgan fingerprint density at radius 1 is 1.38 bits per heavy atom. The molecule has 6 heteroatoms. The molecule has 1 N–H and O–H groups in total. The largest absolute Gasteiger partial charge is 0.444 e. The van der Waals surface area contributed by atoms with E-state index in [1.807, 2.05) is 0 Å². The van der Waals surface area contributed by atoms with Gasteiger partial charge in [-0.25, -0.2) is 4.79 Å². The number of alkyl carbamates (subject to hydrolysis) is 1. The summed E-state index contributed by atoms with van der Waals surface area (Å²) in [6, 6.07) is 0. The van der Waals surface area contributed by atoms with E-state index in [9.17, 15) is 18.0 Å². The summed E-state index contributed by atoms with van der Waals surface area (Å²) in [5.41, 5.74) is -1.91. The molecule has 0 spiro atoms. The van der Waals surface area contributed by atoms with Crippen molar-refractivity contribution in [3.63, 3.8) is 0 Å². The molecule has 0 heterocycles. The number of nitrogens with one attached hydrogen (secondary N) is 1. The van der Waals surface area contributed by atoms with E-state index in [4.69, 9.17) is 4.74 Å². The Balaban J connectivity index is 2.49. The molecule has 16 heavy (non-hydrogen) atoms. The van der Waals surface area contributed by atoms with Crippen LogP contribution in [0, 0.1) is 5.92 Å². The maximum atomic E-state index is 12.3. The first kappa shape index (κ1) is 13.1. The van der Waals surface area contributed by atoms with E-state index in [2.05, 4.69) is 5.32 Å². The molecule has 0 aromatic carbocycles. The van der Waals surface area contributed by atoms with Crippen LogP contribution in [0.5, 0.6) is 0 Å². The van der Waals surface area contributed by atoms with Crippen LogP contribution in [0.1, 0.15) is 34.1 Å². The third-order valence-corrected chi connectivity index (χ3v) is 2.42. The van der Waals surface area contributed by atoms with E-state index in [1.54, 1.807) is 20.8 Å². The molecule has 0 aliphatic heterocycles. The number of carbonyl (C=O) groups excluding carboxylic acids is 1. The van der Waals surface area contributed by atoms with Crippen molar-refractivity contribution >= 4 is 6.09 Å². The Morgan fingerprint density at radius 2 is 1.88 bits per heavy atom. The zero-order chi connectivity index (χ0) is 12.8. The summed E-state index contributed by atoms with van der Waals surface area (Å²) in [6.45, 7) is 6.34. The van der Waals surface area contributed by atoms with Crippen molar-refractivity contribution in [2.75, 3.05) is 0 Å². The second-order valence-electron chi connectivity index (χ2n) is 5.34. The Kier molecular flexibility index (Phi) is 2.90. The van der Waals surface area contributed by atoms with Crippen LogP contribution in [0.3, 0.4) is 0 Å². The third-order valence-electron chi connectivity index (χ3n) is 2.42. The quantitative estimate of drug-likeness (QED) is 0.764. The van der Waals surface area contributed by atoms with Gasteiger partial charge in [0.05, 0.1) is 11.5 Å². The lowest BCUT2D eigenvalue weighted by atomic mass is 10.2. The lowest BCUT2D eigenvalue weighted by molar-refractivity contribution is -0.152. The van der Waals surface area contributed by atoms with E-state index in [0.717, 1.165) is 0 Å². The van der Waals surface area contributed by atoms with Gasteiger partial charge in [-0.05, 0) is 34.1 Å². The van der Waals surface area contributed by atoms with Crippen LogP contribution in [-0.2, 0) is 4.74 Å². The molecule has 1 rings (SSSR count). The van der Waals surface area contributed by atoms with Crippen molar-refractivity contribution in [1.29, 1.82) is 0 Å². The zero-order valence-corrected chi connectivity index (χ0v) is 9.73. The molecule has 1 fully saturated rings. The van der Waals surface area contributed by atoms with Crippen molar-refractivity contribution < 1.29 is 22.7 Å². The number of amides is 1. The van der Waals surface area contributed by atoms with Gasteiger partial charge in [-0.15, -0.1) is 0 Å². The van der Waals surface area contributed by atoms with Crippen LogP contribution < -0.4 is 5.32 Å². The number of ether oxygens (including phenoxy) is 1. The molecule has 94 valence electrons. The highest BCUT2D eigenvalue weighted by Gasteiger charge is 2.65. The number of halogens is 3. The van der Waals surface area contributed by atoms with E-state index < -0.39 is 29.3 Å². The molecule has 3 nitrogen and oxygen atoms in total. The highest BCUT2D eigenvalue weighted by Crippen LogP contribution is 2.53. The van der Waals surface area contributed by atoms with Crippen molar-refractivity contribution in [3.8, 4) is 0 Å². The average molecular weight is 239 g/mol. The Hall–Kier alpha value is -0.940. The van der Waals surface area contributed by atoms with Crippen molar-refractivity contribution in [3.05, 3.63) is 0 Å². The fourth-order valence-corrected chi connectivity index (χ4v) is 1.52. The summed E-state index contributed by atoms with van der Waals surface area (Å²) < 4.78 is 41.9. The molecule has 0 aromatic heterocycles. The van der Waals surface area contributed by atoms with Gasteiger partial charge in [0.1, 0.15) is 5.60 Å². The fourth-order valence-electron chi connectivity index (χ4n) is 1.52. The molecule has 0 radical (unpaired) electrons. The van der Waals surface area contributed by atoms with Crippen LogP contribution in [0.2, 0.25) is 0 Å². The maximum absolute atomic E-state index is 12.3. The standard InChI is InChI=1S/C10H16F3NO2/c1-8(2,3)16-7(15)14-9(4)5-6(9)10(11,12)13/h6H,5H2,1-4H3,(H,14,15)/t6-,9+/m0/s1. The van der Waals surface area contributed by atoms with Gasteiger partial charge in [-0.1, -0.05) is 0 Å². The number of alkyl halides is 3. The molecule has 0 saturated heterocycles. The Morgan fingerprint density at radius 3 is 2.19 bits per heavy atom. The Labute approximate surface area is 92.3 Å². The minimum Gasteiger partial charge on any atom is -0.444 e. The molecule has 0 unspecified atom stereocenters. The fraction of sp³-hybridized carbons (Fsp3) is 0.900. The van der Waals surface area contributed by atoms with Crippen LogP contribution in [0.4, 0.5) is 18.0 Å². The topological polar surface area (TPSA) is 38.3 Å². The summed E-state index contributed by atoms with van der Waals surface area (Å²) in [5.74, 6) is -1.47. The van der Waals surface area contributed by atoms with Gasteiger partial charge in [-0.2, -0.15) is 13.2 Å². The summed E-state index contributed by atoms with van der Waals surface area (Å²) in [6.07, 6.45) is -5.15. The van der Waals surface area contributed by atoms with E-state index in [1.165, 1.54) is 6.92 Å². The minimum atomic E-state index is -4.26. The average Bonchev–Trinajstić information content (AvgIpc) is 2.54. The van der Waals surface area contributed by atoms with Gasteiger partial charge >= 0.3 is 12.3 Å². The number of hydrogen-bond acceptors (Lipinski definition) is 2. The summed E-state index contributed by atoms with van der Waals surface area (Å²) in [7, 11) is 0. The molecular weight excluding hydrogens is 223 g/mol. The van der Waals surface area contributed by atoms with Gasteiger partial charge in [0, 0.05) is 0 Å². The molecule has 1 aliphatic rings. The predicted octanol–water partition coefficient (Wildman–Crippen LogP) is 2.85. The summed E-state index contributed by atoms with van der Waals surface area (Å²) in [5, 5.41) is 2.26. The van der Waals surface area contributed by atoms with Crippen LogP contribution in [-0.4, -0.2) is 23.4 Å². The van der Waals surface area contributed by atoms with Gasteiger partial charge in [0.2, 0.25) is 0 Å². The highest BCUT2D eigenvalue weighted by atomic mass is 19.4. The molecule has 1 amide bonds. The first-order valence-corrected chi connectivity index (χ1v) is 5.02. The molecule has 0 bridgehead atoms. The first-order chi connectivity index (χ1) is 6.94. The smallest absolute Gasteiger partial charge is 0.408 e. The van der Waals surface area contributed by atoms with Gasteiger partial charge in [0.25, 0.3) is 0 Å². The summed E-state index contributed by atoms with van der Waals surface area (Å²) >= 11 is 0. The van der Waals surface area contributed by atoms with Gasteiger partial charge in [0.15, 0.2) is 0 Å². The van der Waals surface area contributed by atoms with E-state index in [-0.39, 0.29) is 6.42 Å². The second kappa shape index (κ2) is 3.53. The molecule has 0 aromatic rings. The Bertz CT molecular complexity index is 295. The molecule has 1 aliphatic carbocycles. The number of hydrogen-bond donors (Lipinski definition) is 1. The summed E-state index contributed by atoms with van der Waals surface area (Å²) in [4.78, 5) is 11.3. The van der Waals surface area contributed by atoms with Gasteiger partial charge in [-0.3, -0.25) is 0 Å². The molecule has 2 atom stereocenters. The van der Waals surface area contributed by atoms with Crippen molar-refractivity contribution in [1.82, 2.24) is 5.32 Å². The first-order valence-electron chi connectivity index (χ1n) is 5.02. The molecule has 1 saturated carbocycles. The second-order valence-corrected chi connectivity index (χ2v) is 5.34. The van der Waals surface area contributed by atoms with E-state index >= 15 is 0 Å². The maximum Gasteiger partial charge on any atom is 0.408 e. The number of rotatable bonds is 1. The lowest BCUT2D eigenvalue weighted by Gasteiger charge is -2.22. The van der Waals surface area contributed by atoms with Gasteiger partial charge < -0.3 is 10.1 Å². The number of carbonyl (C=O) groups is 1. The van der Waals surface area contributed by atoms with Crippen LogP contribution in [0.15, 0.2) is 0 Å². The SMILES string of the molecule is CC(C)(C)OC(=O)N[C@]1(C)C[C@@H]1C(F)(F)F. The van der Waals surface area contributed by atoms with Crippen molar-refractivity contribution in [2.45, 2.75) is 51.4 Å². The normalized spacial score (nSPS) is 29.8. The lowest BCUT2D eigenvalue weighted by Crippen LogP contribution is -2.41. The van der Waals surface area contributed by atoms with Crippen molar-refractivity contribution in [2.24, 2.45) is 5.92 Å². The zero-order valence-electron chi connectivity index (χ0n) is 9.73. The monoisotopic (exact) mass is 239 g/mol.